The Kier molecular flexibility index (Phi) is 8.14. The first-order valence-corrected chi connectivity index (χ1v) is 11.3. The number of nitrogens with one attached hydrogen (secondary N) is 2. The normalized spacial score (nSPS) is 15.6. The molecular weight excluding hydrogens is 466 g/mol. The van der Waals surface area contributed by atoms with Gasteiger partial charge in [0.15, 0.2) is 0 Å². The molecule has 0 saturated carbocycles. The van der Waals surface area contributed by atoms with E-state index in [4.69, 9.17) is 0 Å². The van der Waals surface area contributed by atoms with Gasteiger partial charge in [0.05, 0.1) is 5.56 Å². The summed E-state index contributed by atoms with van der Waals surface area (Å²) in [5, 5.41) is 5.54. The summed E-state index contributed by atoms with van der Waals surface area (Å²) in [6.45, 7) is 4.15. The highest BCUT2D eigenvalue weighted by Gasteiger charge is 2.35. The van der Waals surface area contributed by atoms with Gasteiger partial charge in [0.1, 0.15) is 11.9 Å². The van der Waals surface area contributed by atoms with Crippen LogP contribution in [0, 0.1) is 11.7 Å². The van der Waals surface area contributed by atoms with E-state index < -0.39 is 35.4 Å². The smallest absolute Gasteiger partial charge is 0.352 e. The van der Waals surface area contributed by atoms with Crippen molar-refractivity contribution in [1.29, 1.82) is 0 Å². The van der Waals surface area contributed by atoms with Crippen molar-refractivity contribution in [3.05, 3.63) is 71.0 Å². The van der Waals surface area contributed by atoms with Gasteiger partial charge in [0.2, 0.25) is 5.91 Å². The molecule has 0 radical (unpaired) electrons. The maximum absolute atomic E-state index is 13.2. The third kappa shape index (κ3) is 6.80. The van der Waals surface area contributed by atoms with E-state index in [0.717, 1.165) is 36.4 Å². The Bertz CT molecular complexity index is 1050. The summed E-state index contributed by atoms with van der Waals surface area (Å²) < 4.78 is 51.5. The van der Waals surface area contributed by atoms with E-state index in [1.54, 1.807) is 13.8 Å². The maximum atomic E-state index is 13.2. The van der Waals surface area contributed by atoms with Crippen LogP contribution < -0.4 is 10.6 Å². The van der Waals surface area contributed by atoms with Crippen molar-refractivity contribution in [2.45, 2.75) is 44.9 Å². The van der Waals surface area contributed by atoms with Crippen molar-refractivity contribution in [1.82, 2.24) is 15.5 Å². The van der Waals surface area contributed by atoms with Crippen molar-refractivity contribution in [2.24, 2.45) is 5.92 Å². The number of piperidine rings is 1. The molecule has 3 amide bonds. The quantitative estimate of drug-likeness (QED) is 0.597. The van der Waals surface area contributed by atoms with Gasteiger partial charge in [-0.1, -0.05) is 0 Å². The largest absolute Gasteiger partial charge is 0.416 e. The zero-order valence-electron chi connectivity index (χ0n) is 19.4. The molecule has 2 N–H and O–H groups in total. The fourth-order valence-corrected chi connectivity index (χ4v) is 4.02. The summed E-state index contributed by atoms with van der Waals surface area (Å²) in [5.41, 5.74) is -0.470. The van der Waals surface area contributed by atoms with Gasteiger partial charge < -0.3 is 15.5 Å². The number of rotatable bonds is 6. The van der Waals surface area contributed by atoms with Crippen LogP contribution in [-0.2, 0) is 11.0 Å². The molecule has 2 aromatic carbocycles. The van der Waals surface area contributed by atoms with Crippen LogP contribution in [0.15, 0.2) is 48.5 Å². The molecule has 188 valence electrons. The van der Waals surface area contributed by atoms with E-state index in [-0.39, 0.29) is 42.1 Å². The molecule has 0 aromatic heterocycles. The fraction of sp³-hybridized carbons (Fsp3) is 0.400. The van der Waals surface area contributed by atoms with Crippen LogP contribution in [0.1, 0.15) is 53.0 Å². The number of amides is 3. The van der Waals surface area contributed by atoms with Gasteiger partial charge in [-0.2, -0.15) is 13.2 Å². The number of hydrogen-bond acceptors (Lipinski definition) is 3. The summed E-state index contributed by atoms with van der Waals surface area (Å²) in [5.74, 6) is -2.02. The Balaban J connectivity index is 1.67. The standard InChI is InChI=1S/C25H27F4N3O3/c1-15(2)30-23(34)21(31-22(33)17-5-9-20(26)10-6-17)16-11-13-32(14-12-16)24(35)18-3-7-19(8-4-18)25(27,28)29/h3-10,15-16,21H,11-14H2,1-2H3,(H,30,34)(H,31,33). The van der Waals surface area contributed by atoms with Crippen LogP contribution in [0.2, 0.25) is 0 Å². The van der Waals surface area contributed by atoms with Crippen LogP contribution in [0.25, 0.3) is 0 Å². The second kappa shape index (κ2) is 10.9. The molecular formula is C25H27F4N3O3. The highest BCUT2D eigenvalue weighted by molar-refractivity contribution is 5.97. The molecule has 0 aliphatic carbocycles. The molecule has 1 unspecified atom stereocenters. The molecule has 6 nitrogen and oxygen atoms in total. The maximum Gasteiger partial charge on any atom is 0.416 e. The summed E-state index contributed by atoms with van der Waals surface area (Å²) in [6, 6.07) is 7.99. The van der Waals surface area contributed by atoms with Gasteiger partial charge in [-0.3, -0.25) is 14.4 Å². The molecule has 1 heterocycles. The lowest BCUT2D eigenvalue weighted by atomic mass is 9.88. The summed E-state index contributed by atoms with van der Waals surface area (Å²) in [6.07, 6.45) is -3.66. The predicted octanol–water partition coefficient (Wildman–Crippen LogP) is 4.02. The Hall–Kier alpha value is -3.43. The van der Waals surface area contributed by atoms with Crippen molar-refractivity contribution in [2.75, 3.05) is 13.1 Å². The van der Waals surface area contributed by atoms with E-state index in [1.165, 1.54) is 17.0 Å². The summed E-state index contributed by atoms with van der Waals surface area (Å²) >= 11 is 0. The van der Waals surface area contributed by atoms with Crippen LogP contribution in [0.4, 0.5) is 17.6 Å². The fourth-order valence-electron chi connectivity index (χ4n) is 4.02. The van der Waals surface area contributed by atoms with Gasteiger partial charge >= 0.3 is 6.18 Å². The Labute approximate surface area is 200 Å². The number of carbonyl (C=O) groups is 3. The van der Waals surface area contributed by atoms with Crippen molar-refractivity contribution in [3.8, 4) is 0 Å². The lowest BCUT2D eigenvalue weighted by molar-refractivity contribution is -0.137. The lowest BCUT2D eigenvalue weighted by Gasteiger charge is -2.36. The van der Waals surface area contributed by atoms with Crippen molar-refractivity contribution in [3.63, 3.8) is 0 Å². The summed E-state index contributed by atoms with van der Waals surface area (Å²) in [7, 11) is 0. The minimum Gasteiger partial charge on any atom is -0.352 e. The third-order valence-electron chi connectivity index (χ3n) is 5.86. The molecule has 1 fully saturated rings. The van der Waals surface area contributed by atoms with Crippen LogP contribution >= 0.6 is 0 Å². The van der Waals surface area contributed by atoms with Gasteiger partial charge in [-0.15, -0.1) is 0 Å². The first-order valence-electron chi connectivity index (χ1n) is 11.3. The van der Waals surface area contributed by atoms with E-state index in [1.807, 2.05) is 0 Å². The van der Waals surface area contributed by atoms with Crippen LogP contribution in [-0.4, -0.2) is 47.8 Å². The Morgan fingerprint density at radius 2 is 1.43 bits per heavy atom. The van der Waals surface area contributed by atoms with Gasteiger partial charge in [0.25, 0.3) is 11.8 Å². The van der Waals surface area contributed by atoms with Gasteiger partial charge in [-0.25, -0.2) is 4.39 Å². The first kappa shape index (κ1) is 26.2. The van der Waals surface area contributed by atoms with Crippen LogP contribution in [0.5, 0.6) is 0 Å². The Morgan fingerprint density at radius 1 is 0.886 bits per heavy atom. The van der Waals surface area contributed by atoms with E-state index >= 15 is 0 Å². The minimum atomic E-state index is -4.48. The number of alkyl halides is 3. The number of carbonyl (C=O) groups excluding carboxylic acids is 3. The van der Waals surface area contributed by atoms with Crippen LogP contribution in [0.3, 0.4) is 0 Å². The molecule has 1 atom stereocenters. The lowest BCUT2D eigenvalue weighted by Crippen LogP contribution is -2.54. The number of halogens is 4. The molecule has 35 heavy (non-hydrogen) atoms. The number of hydrogen-bond donors (Lipinski definition) is 2. The molecule has 10 heteroatoms. The third-order valence-corrected chi connectivity index (χ3v) is 5.86. The average molecular weight is 494 g/mol. The Morgan fingerprint density at radius 3 is 1.94 bits per heavy atom. The highest BCUT2D eigenvalue weighted by atomic mass is 19.4. The molecule has 1 aliphatic heterocycles. The molecule has 2 aromatic rings. The molecule has 0 spiro atoms. The highest BCUT2D eigenvalue weighted by Crippen LogP contribution is 2.29. The molecule has 1 aliphatic rings. The molecule has 0 bridgehead atoms. The number of benzene rings is 2. The van der Waals surface area contributed by atoms with E-state index in [2.05, 4.69) is 10.6 Å². The SMILES string of the molecule is CC(C)NC(=O)C(NC(=O)c1ccc(F)cc1)C1CCN(C(=O)c2ccc(C(F)(F)F)cc2)CC1. The topological polar surface area (TPSA) is 78.5 Å². The minimum absolute atomic E-state index is 0.148. The molecule has 3 rings (SSSR count). The van der Waals surface area contributed by atoms with Crippen molar-refractivity contribution >= 4 is 17.7 Å². The number of likely N-dealkylation sites (tertiary alicyclic amines) is 1. The zero-order chi connectivity index (χ0) is 25.8. The average Bonchev–Trinajstić information content (AvgIpc) is 2.81. The van der Waals surface area contributed by atoms with Crippen molar-refractivity contribution < 1.29 is 31.9 Å². The second-order valence-corrected chi connectivity index (χ2v) is 8.83. The first-order chi connectivity index (χ1) is 16.5. The monoisotopic (exact) mass is 493 g/mol. The molecule has 1 saturated heterocycles. The van der Waals surface area contributed by atoms with E-state index in [0.29, 0.717) is 12.8 Å². The second-order valence-electron chi connectivity index (χ2n) is 8.83. The van der Waals surface area contributed by atoms with Gasteiger partial charge in [-0.05, 0) is 81.1 Å². The predicted molar refractivity (Wildman–Crippen MR) is 121 cm³/mol. The zero-order valence-corrected chi connectivity index (χ0v) is 19.4. The van der Waals surface area contributed by atoms with Gasteiger partial charge in [0, 0.05) is 30.3 Å². The summed E-state index contributed by atoms with van der Waals surface area (Å²) in [4.78, 5) is 39.9. The number of nitrogens with zero attached hydrogens (tertiary/aromatic N) is 1. The van der Waals surface area contributed by atoms with E-state index in [9.17, 15) is 31.9 Å².